The van der Waals surface area contributed by atoms with Crippen LogP contribution in [-0.4, -0.2) is 31.2 Å². The molecule has 0 aliphatic carbocycles. The van der Waals surface area contributed by atoms with Gasteiger partial charge in [0.05, 0.1) is 12.0 Å². The highest BCUT2D eigenvalue weighted by molar-refractivity contribution is 5.64. The monoisotopic (exact) mass is 265 g/mol. The van der Waals surface area contributed by atoms with Gasteiger partial charge >= 0.3 is 0 Å². The summed E-state index contributed by atoms with van der Waals surface area (Å²) in [6.45, 7) is 1.79. The number of methoxy groups -OCH3 is 1. The van der Waals surface area contributed by atoms with Crippen molar-refractivity contribution in [2.24, 2.45) is 0 Å². The summed E-state index contributed by atoms with van der Waals surface area (Å²) in [7, 11) is 1.55. The van der Waals surface area contributed by atoms with E-state index in [0.717, 1.165) is 13.0 Å². The number of anilines is 1. The van der Waals surface area contributed by atoms with Crippen LogP contribution < -0.4 is 15.4 Å². The number of nitro groups is 1. The van der Waals surface area contributed by atoms with Gasteiger partial charge in [0.1, 0.15) is 11.4 Å². The highest BCUT2D eigenvalue weighted by Crippen LogP contribution is 2.28. The Bertz CT molecular complexity index is 445. The van der Waals surface area contributed by atoms with Crippen LogP contribution in [0.25, 0.3) is 0 Å². The van der Waals surface area contributed by atoms with Crippen molar-refractivity contribution in [1.82, 2.24) is 5.32 Å². The summed E-state index contributed by atoms with van der Waals surface area (Å²) >= 11 is 0. The van der Waals surface area contributed by atoms with Crippen LogP contribution in [0.15, 0.2) is 18.2 Å². The Morgan fingerprint density at radius 2 is 2.42 bits per heavy atom. The van der Waals surface area contributed by atoms with Gasteiger partial charge in [0, 0.05) is 24.7 Å². The molecule has 1 unspecified atom stereocenters. The molecule has 2 rings (SSSR count). The molecule has 1 fully saturated rings. The number of rotatable bonds is 6. The Morgan fingerprint density at radius 1 is 1.58 bits per heavy atom. The van der Waals surface area contributed by atoms with Gasteiger partial charge in [-0.25, -0.2) is 0 Å². The quantitative estimate of drug-likeness (QED) is 0.609. The van der Waals surface area contributed by atoms with Crippen molar-refractivity contribution < 1.29 is 9.66 Å². The fourth-order valence-electron chi connectivity index (χ4n) is 2.33. The smallest absolute Gasteiger partial charge is 0.292 e. The zero-order valence-corrected chi connectivity index (χ0v) is 11.0. The van der Waals surface area contributed by atoms with Crippen molar-refractivity contribution in [3.63, 3.8) is 0 Å². The topological polar surface area (TPSA) is 76.4 Å². The molecule has 1 aliphatic rings. The van der Waals surface area contributed by atoms with Crippen LogP contribution in [0.2, 0.25) is 0 Å². The first-order chi connectivity index (χ1) is 9.20. The first-order valence-corrected chi connectivity index (χ1v) is 6.50. The van der Waals surface area contributed by atoms with Gasteiger partial charge in [-0.3, -0.25) is 10.1 Å². The molecule has 1 atom stereocenters. The van der Waals surface area contributed by atoms with Gasteiger partial charge in [0.15, 0.2) is 0 Å². The summed E-state index contributed by atoms with van der Waals surface area (Å²) in [4.78, 5) is 10.6. The molecule has 0 saturated carbocycles. The molecule has 1 aromatic carbocycles. The van der Waals surface area contributed by atoms with Crippen molar-refractivity contribution in [2.45, 2.75) is 25.3 Å². The highest BCUT2D eigenvalue weighted by Gasteiger charge is 2.16. The van der Waals surface area contributed by atoms with Crippen LogP contribution in [0.5, 0.6) is 5.75 Å². The van der Waals surface area contributed by atoms with E-state index >= 15 is 0 Å². The van der Waals surface area contributed by atoms with Gasteiger partial charge in [0.2, 0.25) is 0 Å². The van der Waals surface area contributed by atoms with Gasteiger partial charge in [-0.1, -0.05) is 0 Å². The molecule has 0 spiro atoms. The molecule has 0 radical (unpaired) electrons. The summed E-state index contributed by atoms with van der Waals surface area (Å²) in [5.41, 5.74) is 0.600. The molecule has 0 amide bonds. The second kappa shape index (κ2) is 6.38. The normalized spacial score (nSPS) is 18.3. The summed E-state index contributed by atoms with van der Waals surface area (Å²) in [5.74, 6) is 0.618. The first kappa shape index (κ1) is 13.6. The van der Waals surface area contributed by atoms with Gasteiger partial charge < -0.3 is 15.4 Å². The first-order valence-electron chi connectivity index (χ1n) is 6.50. The summed E-state index contributed by atoms with van der Waals surface area (Å²) in [5, 5.41) is 17.5. The fraction of sp³-hybridized carbons (Fsp3) is 0.538. The minimum Gasteiger partial charge on any atom is -0.497 e. The van der Waals surface area contributed by atoms with Gasteiger partial charge in [-0.05, 0) is 31.9 Å². The Kier molecular flexibility index (Phi) is 4.57. The maximum atomic E-state index is 11.0. The van der Waals surface area contributed by atoms with E-state index in [1.807, 2.05) is 0 Å². The molecule has 1 heterocycles. The third kappa shape index (κ3) is 3.57. The molecule has 1 aliphatic heterocycles. The minimum atomic E-state index is -0.379. The van der Waals surface area contributed by atoms with Gasteiger partial charge in [-0.15, -0.1) is 0 Å². The lowest BCUT2D eigenvalue weighted by Crippen LogP contribution is -2.24. The standard InChI is InChI=1S/C13H19N3O3/c1-19-11-4-5-13(16(17)18)12(9-11)15-8-6-10-3-2-7-14-10/h4-5,9-10,14-15H,2-3,6-8H2,1H3. The highest BCUT2D eigenvalue weighted by atomic mass is 16.6. The molecule has 6 nitrogen and oxygen atoms in total. The average Bonchev–Trinajstić information content (AvgIpc) is 2.91. The van der Waals surface area contributed by atoms with E-state index in [9.17, 15) is 10.1 Å². The van der Waals surface area contributed by atoms with Crippen LogP contribution >= 0.6 is 0 Å². The number of nitrogens with zero attached hydrogens (tertiary/aromatic N) is 1. The van der Waals surface area contributed by atoms with Gasteiger partial charge in [-0.2, -0.15) is 0 Å². The van der Waals surface area contributed by atoms with Crippen LogP contribution in [-0.2, 0) is 0 Å². The number of hydrogen-bond donors (Lipinski definition) is 2. The Balaban J connectivity index is 1.98. The molecule has 1 aromatic rings. The van der Waals surface area contributed by atoms with E-state index in [1.165, 1.54) is 18.9 Å². The third-order valence-electron chi connectivity index (χ3n) is 3.37. The zero-order chi connectivity index (χ0) is 13.7. The van der Waals surface area contributed by atoms with Crippen LogP contribution in [0.4, 0.5) is 11.4 Å². The summed E-state index contributed by atoms with van der Waals surface area (Å²) in [6.07, 6.45) is 3.36. The minimum absolute atomic E-state index is 0.0835. The molecule has 2 N–H and O–H groups in total. The summed E-state index contributed by atoms with van der Waals surface area (Å²) in [6, 6.07) is 5.26. The summed E-state index contributed by atoms with van der Waals surface area (Å²) < 4.78 is 5.09. The lowest BCUT2D eigenvalue weighted by molar-refractivity contribution is -0.384. The van der Waals surface area contributed by atoms with Crippen LogP contribution in [0.3, 0.4) is 0 Å². The number of nitrogens with one attached hydrogen (secondary N) is 2. The number of nitro benzene ring substituents is 1. The van der Waals surface area contributed by atoms with E-state index in [0.29, 0.717) is 24.0 Å². The second-order valence-electron chi connectivity index (χ2n) is 4.65. The molecular formula is C13H19N3O3. The lowest BCUT2D eigenvalue weighted by atomic mass is 10.1. The Morgan fingerprint density at radius 3 is 3.05 bits per heavy atom. The Hall–Kier alpha value is -1.82. The van der Waals surface area contributed by atoms with E-state index in [1.54, 1.807) is 19.2 Å². The SMILES string of the molecule is COc1ccc([N+](=O)[O-])c(NCCC2CCCN2)c1. The van der Waals surface area contributed by atoms with Crippen LogP contribution in [0, 0.1) is 10.1 Å². The molecule has 6 heteroatoms. The van der Waals surface area contributed by atoms with E-state index in [4.69, 9.17) is 4.74 Å². The molecule has 1 saturated heterocycles. The van der Waals surface area contributed by atoms with Crippen LogP contribution in [0.1, 0.15) is 19.3 Å². The van der Waals surface area contributed by atoms with Crippen molar-refractivity contribution in [2.75, 3.05) is 25.5 Å². The largest absolute Gasteiger partial charge is 0.497 e. The fourth-order valence-corrected chi connectivity index (χ4v) is 2.33. The van der Waals surface area contributed by atoms with E-state index in [2.05, 4.69) is 10.6 Å². The number of ether oxygens (including phenoxy) is 1. The maximum absolute atomic E-state index is 11.0. The van der Waals surface area contributed by atoms with Crippen molar-refractivity contribution in [3.8, 4) is 5.75 Å². The second-order valence-corrected chi connectivity index (χ2v) is 4.65. The molecule has 19 heavy (non-hydrogen) atoms. The number of benzene rings is 1. The van der Waals surface area contributed by atoms with Gasteiger partial charge in [0.25, 0.3) is 5.69 Å². The van der Waals surface area contributed by atoms with E-state index in [-0.39, 0.29) is 10.6 Å². The molecule has 0 aromatic heterocycles. The van der Waals surface area contributed by atoms with Crippen molar-refractivity contribution in [1.29, 1.82) is 0 Å². The zero-order valence-electron chi connectivity index (χ0n) is 11.0. The lowest BCUT2D eigenvalue weighted by Gasteiger charge is -2.12. The maximum Gasteiger partial charge on any atom is 0.292 e. The average molecular weight is 265 g/mol. The van der Waals surface area contributed by atoms with Crippen molar-refractivity contribution in [3.05, 3.63) is 28.3 Å². The molecule has 104 valence electrons. The van der Waals surface area contributed by atoms with Crippen molar-refractivity contribution >= 4 is 11.4 Å². The predicted octanol–water partition coefficient (Wildman–Crippen LogP) is 2.16. The van der Waals surface area contributed by atoms with E-state index < -0.39 is 0 Å². The molecule has 0 bridgehead atoms. The Labute approximate surface area is 112 Å². The third-order valence-corrected chi connectivity index (χ3v) is 3.37. The predicted molar refractivity (Wildman–Crippen MR) is 73.8 cm³/mol. The molecular weight excluding hydrogens is 246 g/mol. The number of hydrogen-bond acceptors (Lipinski definition) is 5.